The Bertz CT molecular complexity index is 260. The van der Waals surface area contributed by atoms with E-state index >= 15 is 0 Å². The van der Waals surface area contributed by atoms with Gasteiger partial charge in [0.05, 0.1) is 11.2 Å². The normalized spacial score (nSPS) is 10.8. The summed E-state index contributed by atoms with van der Waals surface area (Å²) in [6.07, 6.45) is 0. The van der Waals surface area contributed by atoms with Gasteiger partial charge in [-0.05, 0) is 36.2 Å². The first-order valence-electron chi connectivity index (χ1n) is 3.22. The summed E-state index contributed by atoms with van der Waals surface area (Å²) in [6.45, 7) is 0. The van der Waals surface area contributed by atoms with Gasteiger partial charge >= 0.3 is 0 Å². The summed E-state index contributed by atoms with van der Waals surface area (Å²) in [4.78, 5) is 6.31. The SMILES string of the molecule is NNS/C=N/c1ccc(F)cc1. The molecule has 0 spiro atoms. The molecule has 1 aromatic carbocycles. The van der Waals surface area contributed by atoms with Crippen LogP contribution in [-0.2, 0) is 0 Å². The zero-order chi connectivity index (χ0) is 8.81. The van der Waals surface area contributed by atoms with E-state index in [2.05, 4.69) is 9.82 Å². The van der Waals surface area contributed by atoms with Crippen LogP contribution in [-0.4, -0.2) is 5.55 Å². The van der Waals surface area contributed by atoms with Crippen LogP contribution in [0.25, 0.3) is 0 Å². The lowest BCUT2D eigenvalue weighted by atomic mass is 10.3. The van der Waals surface area contributed by atoms with Gasteiger partial charge in [-0.2, -0.15) is 4.83 Å². The van der Waals surface area contributed by atoms with E-state index in [0.717, 1.165) is 11.9 Å². The number of nitrogens with zero attached hydrogens (tertiary/aromatic N) is 1. The molecule has 0 radical (unpaired) electrons. The highest BCUT2D eigenvalue weighted by Crippen LogP contribution is 2.11. The third kappa shape index (κ3) is 3.00. The molecule has 0 fully saturated rings. The van der Waals surface area contributed by atoms with Crippen LogP contribution < -0.4 is 10.7 Å². The lowest BCUT2D eigenvalue weighted by Gasteiger charge is -1.91. The van der Waals surface area contributed by atoms with Gasteiger partial charge in [-0.1, -0.05) is 0 Å². The third-order valence-electron chi connectivity index (χ3n) is 1.15. The maximum atomic E-state index is 12.4. The van der Waals surface area contributed by atoms with Crippen LogP contribution in [0.4, 0.5) is 10.1 Å². The molecule has 0 aromatic heterocycles. The van der Waals surface area contributed by atoms with Crippen molar-refractivity contribution in [2.45, 2.75) is 0 Å². The van der Waals surface area contributed by atoms with Crippen molar-refractivity contribution in [3.05, 3.63) is 30.1 Å². The lowest BCUT2D eigenvalue weighted by Crippen LogP contribution is -2.10. The van der Waals surface area contributed by atoms with E-state index < -0.39 is 0 Å². The summed E-state index contributed by atoms with van der Waals surface area (Å²) in [5.41, 5.74) is 2.23. The number of benzene rings is 1. The van der Waals surface area contributed by atoms with Gasteiger partial charge in [-0.15, -0.1) is 0 Å². The Balaban J connectivity index is 2.58. The molecule has 0 saturated carbocycles. The molecule has 0 aliphatic heterocycles. The fraction of sp³-hybridized carbons (Fsp3) is 0. The minimum absolute atomic E-state index is 0.265. The number of rotatable bonds is 3. The zero-order valence-corrected chi connectivity index (χ0v) is 7.01. The van der Waals surface area contributed by atoms with E-state index in [4.69, 9.17) is 5.84 Å². The molecule has 0 aliphatic rings. The van der Waals surface area contributed by atoms with Gasteiger partial charge in [0.25, 0.3) is 0 Å². The van der Waals surface area contributed by atoms with Crippen molar-refractivity contribution in [3.8, 4) is 0 Å². The predicted molar refractivity (Wildman–Crippen MR) is 49.5 cm³/mol. The highest BCUT2D eigenvalue weighted by molar-refractivity contribution is 8.10. The van der Waals surface area contributed by atoms with Crippen molar-refractivity contribution in [1.29, 1.82) is 0 Å². The molecule has 12 heavy (non-hydrogen) atoms. The van der Waals surface area contributed by atoms with Crippen LogP contribution >= 0.6 is 11.9 Å². The predicted octanol–water partition coefficient (Wildman–Crippen LogP) is 1.60. The van der Waals surface area contributed by atoms with Gasteiger partial charge < -0.3 is 0 Å². The van der Waals surface area contributed by atoms with Gasteiger partial charge in [0.2, 0.25) is 0 Å². The summed E-state index contributed by atoms with van der Waals surface area (Å²) >= 11 is 1.15. The summed E-state index contributed by atoms with van der Waals surface area (Å²) in [5.74, 6) is 4.71. The minimum Gasteiger partial charge on any atom is -0.261 e. The fourth-order valence-corrected chi connectivity index (χ4v) is 0.880. The van der Waals surface area contributed by atoms with E-state index in [0.29, 0.717) is 5.69 Å². The molecule has 0 aliphatic carbocycles. The number of hydrogen-bond acceptors (Lipinski definition) is 4. The molecule has 1 rings (SSSR count). The van der Waals surface area contributed by atoms with Crippen LogP contribution in [0.15, 0.2) is 29.3 Å². The Morgan fingerprint density at radius 2 is 2.08 bits per heavy atom. The third-order valence-corrected chi connectivity index (χ3v) is 1.50. The maximum absolute atomic E-state index is 12.4. The van der Waals surface area contributed by atoms with E-state index in [-0.39, 0.29) is 5.82 Å². The molecule has 64 valence electrons. The Kier molecular flexibility index (Phi) is 3.72. The van der Waals surface area contributed by atoms with Gasteiger partial charge in [0.1, 0.15) is 5.82 Å². The van der Waals surface area contributed by atoms with Crippen molar-refractivity contribution in [1.82, 2.24) is 4.83 Å². The van der Waals surface area contributed by atoms with Crippen molar-refractivity contribution in [2.24, 2.45) is 10.8 Å². The summed E-state index contributed by atoms with van der Waals surface area (Å²) < 4.78 is 12.4. The topological polar surface area (TPSA) is 50.4 Å². The van der Waals surface area contributed by atoms with Crippen LogP contribution in [0.5, 0.6) is 0 Å². The number of nitrogens with one attached hydrogen (secondary N) is 1. The van der Waals surface area contributed by atoms with E-state index in [1.807, 2.05) is 0 Å². The number of nitrogens with two attached hydrogens (primary N) is 1. The van der Waals surface area contributed by atoms with Crippen LogP contribution in [0.1, 0.15) is 0 Å². The molecule has 0 saturated heterocycles. The molecule has 0 amide bonds. The van der Waals surface area contributed by atoms with Crippen molar-refractivity contribution in [2.75, 3.05) is 0 Å². The first-order chi connectivity index (χ1) is 5.83. The maximum Gasteiger partial charge on any atom is 0.123 e. The number of aliphatic imine (C=N–C) groups is 1. The van der Waals surface area contributed by atoms with Crippen LogP contribution in [0.3, 0.4) is 0 Å². The smallest absolute Gasteiger partial charge is 0.123 e. The number of hydrogen-bond donors (Lipinski definition) is 2. The largest absolute Gasteiger partial charge is 0.261 e. The van der Waals surface area contributed by atoms with Crippen molar-refractivity contribution < 1.29 is 4.39 Å². The summed E-state index contributed by atoms with van der Waals surface area (Å²) in [5, 5.41) is 0. The summed E-state index contributed by atoms with van der Waals surface area (Å²) in [6, 6.07) is 5.88. The second kappa shape index (κ2) is 4.87. The molecule has 0 atom stereocenters. The highest BCUT2D eigenvalue weighted by Gasteiger charge is 1.88. The molecule has 1 aromatic rings. The molecule has 0 heterocycles. The molecule has 0 unspecified atom stereocenters. The first kappa shape index (κ1) is 9.18. The van der Waals surface area contributed by atoms with Crippen molar-refractivity contribution >= 4 is 23.2 Å². The average molecular weight is 185 g/mol. The second-order valence-corrected chi connectivity index (χ2v) is 2.63. The van der Waals surface area contributed by atoms with E-state index in [1.54, 1.807) is 12.1 Å². The lowest BCUT2D eigenvalue weighted by molar-refractivity contribution is 0.628. The van der Waals surface area contributed by atoms with E-state index in [9.17, 15) is 4.39 Å². The monoisotopic (exact) mass is 185 g/mol. The Labute approximate surface area is 74.0 Å². The molecule has 3 nitrogen and oxygen atoms in total. The number of halogens is 1. The molecule has 3 N–H and O–H groups in total. The highest BCUT2D eigenvalue weighted by atomic mass is 32.2. The average Bonchev–Trinajstić information content (AvgIpc) is 2.09. The molecular weight excluding hydrogens is 177 g/mol. The van der Waals surface area contributed by atoms with Crippen LogP contribution in [0, 0.1) is 5.82 Å². The first-order valence-corrected chi connectivity index (χ1v) is 4.10. The minimum atomic E-state index is -0.265. The standard InChI is InChI=1S/C7H8FN3S/c8-6-1-3-7(4-2-6)10-5-12-11-9/h1-5,11H,9H2/b10-5+. The van der Waals surface area contributed by atoms with Gasteiger partial charge in [-0.3, -0.25) is 5.84 Å². The second-order valence-electron chi connectivity index (χ2n) is 1.95. The molecule has 0 bridgehead atoms. The zero-order valence-electron chi connectivity index (χ0n) is 6.20. The van der Waals surface area contributed by atoms with Crippen LogP contribution in [0.2, 0.25) is 0 Å². The summed E-state index contributed by atoms with van der Waals surface area (Å²) in [7, 11) is 0. The van der Waals surface area contributed by atoms with E-state index in [1.165, 1.54) is 17.7 Å². The Hall–Kier alpha value is -0.910. The van der Waals surface area contributed by atoms with Crippen molar-refractivity contribution in [3.63, 3.8) is 0 Å². The Morgan fingerprint density at radius 1 is 1.42 bits per heavy atom. The molecular formula is C7H8FN3S. The van der Waals surface area contributed by atoms with Gasteiger partial charge in [0.15, 0.2) is 0 Å². The fourth-order valence-electron chi connectivity index (χ4n) is 0.645. The number of hydrazine groups is 1. The quantitative estimate of drug-likeness (QED) is 0.247. The molecule has 5 heteroatoms. The van der Waals surface area contributed by atoms with Gasteiger partial charge in [0, 0.05) is 0 Å². The van der Waals surface area contributed by atoms with Gasteiger partial charge in [-0.25, -0.2) is 9.38 Å². The Morgan fingerprint density at radius 3 is 2.67 bits per heavy atom.